The molecule has 0 saturated heterocycles. The molecule has 0 aliphatic heterocycles. The fourth-order valence-corrected chi connectivity index (χ4v) is 1.38. The van der Waals surface area contributed by atoms with Gasteiger partial charge < -0.3 is 14.8 Å². The van der Waals surface area contributed by atoms with Crippen LogP contribution in [0.1, 0.15) is 18.5 Å². The van der Waals surface area contributed by atoms with Gasteiger partial charge in [0.05, 0.1) is 6.61 Å². The van der Waals surface area contributed by atoms with Gasteiger partial charge in [-0.05, 0) is 32.2 Å². The number of ether oxygens (including phenoxy) is 2. The van der Waals surface area contributed by atoms with E-state index in [0.717, 1.165) is 5.56 Å². The molecule has 0 fully saturated rings. The molecule has 0 radical (unpaired) electrons. The standard InChI is InChI=1S/C12H18FNO2/c1-9(14-2)11-8-10(13)4-5-12(11)16-7-6-15-3/h4-5,8-9,14H,6-7H2,1-3H3. The minimum Gasteiger partial charge on any atom is -0.491 e. The molecule has 0 spiro atoms. The highest BCUT2D eigenvalue weighted by Gasteiger charge is 2.11. The monoisotopic (exact) mass is 227 g/mol. The van der Waals surface area contributed by atoms with E-state index in [9.17, 15) is 4.39 Å². The van der Waals surface area contributed by atoms with E-state index >= 15 is 0 Å². The lowest BCUT2D eigenvalue weighted by atomic mass is 10.1. The van der Waals surface area contributed by atoms with Crippen LogP contribution in [0.2, 0.25) is 0 Å². The van der Waals surface area contributed by atoms with Crippen molar-refractivity contribution in [3.8, 4) is 5.75 Å². The van der Waals surface area contributed by atoms with E-state index in [1.54, 1.807) is 13.2 Å². The van der Waals surface area contributed by atoms with Crippen molar-refractivity contribution in [3.63, 3.8) is 0 Å². The molecule has 0 aliphatic carbocycles. The molecule has 4 heteroatoms. The van der Waals surface area contributed by atoms with Crippen molar-refractivity contribution in [1.82, 2.24) is 5.32 Å². The molecule has 0 amide bonds. The van der Waals surface area contributed by atoms with Gasteiger partial charge in [-0.1, -0.05) is 0 Å². The fraction of sp³-hybridized carbons (Fsp3) is 0.500. The molecule has 1 aromatic rings. The number of nitrogens with one attached hydrogen (secondary N) is 1. The fourth-order valence-electron chi connectivity index (χ4n) is 1.38. The van der Waals surface area contributed by atoms with Gasteiger partial charge in [0.15, 0.2) is 0 Å². The number of halogens is 1. The predicted molar refractivity (Wildman–Crippen MR) is 61.2 cm³/mol. The Balaban J connectivity index is 2.80. The van der Waals surface area contributed by atoms with E-state index in [1.807, 2.05) is 14.0 Å². The summed E-state index contributed by atoms with van der Waals surface area (Å²) in [7, 11) is 3.44. The molecule has 16 heavy (non-hydrogen) atoms. The first-order chi connectivity index (χ1) is 7.69. The van der Waals surface area contributed by atoms with Crippen molar-refractivity contribution < 1.29 is 13.9 Å². The summed E-state index contributed by atoms with van der Waals surface area (Å²) in [6.07, 6.45) is 0. The van der Waals surface area contributed by atoms with Crippen LogP contribution in [0.15, 0.2) is 18.2 Å². The number of methoxy groups -OCH3 is 1. The van der Waals surface area contributed by atoms with Gasteiger partial charge in [0.1, 0.15) is 18.2 Å². The number of benzene rings is 1. The molecule has 1 N–H and O–H groups in total. The summed E-state index contributed by atoms with van der Waals surface area (Å²) < 4.78 is 23.5. The molecular weight excluding hydrogens is 209 g/mol. The van der Waals surface area contributed by atoms with Crippen LogP contribution in [0, 0.1) is 5.82 Å². The van der Waals surface area contributed by atoms with Crippen LogP contribution in [0.3, 0.4) is 0 Å². The van der Waals surface area contributed by atoms with Gasteiger partial charge in [-0.15, -0.1) is 0 Å². The maximum absolute atomic E-state index is 13.1. The van der Waals surface area contributed by atoms with Crippen molar-refractivity contribution >= 4 is 0 Å². The number of rotatable bonds is 6. The van der Waals surface area contributed by atoms with Gasteiger partial charge in [-0.25, -0.2) is 4.39 Å². The Morgan fingerprint density at radius 2 is 2.12 bits per heavy atom. The lowest BCUT2D eigenvalue weighted by Crippen LogP contribution is -2.15. The summed E-state index contributed by atoms with van der Waals surface area (Å²) in [6, 6.07) is 4.58. The van der Waals surface area contributed by atoms with E-state index in [-0.39, 0.29) is 11.9 Å². The highest BCUT2D eigenvalue weighted by molar-refractivity contribution is 5.36. The average Bonchev–Trinajstić information content (AvgIpc) is 2.30. The molecule has 0 aliphatic rings. The Morgan fingerprint density at radius 1 is 1.38 bits per heavy atom. The zero-order valence-corrected chi connectivity index (χ0v) is 9.92. The summed E-state index contributed by atoms with van der Waals surface area (Å²) in [5, 5.41) is 3.06. The molecule has 0 aromatic heterocycles. The molecule has 0 heterocycles. The molecule has 1 unspecified atom stereocenters. The third kappa shape index (κ3) is 3.47. The molecule has 1 rings (SSSR count). The third-order valence-electron chi connectivity index (χ3n) is 2.42. The van der Waals surface area contributed by atoms with Gasteiger partial charge in [0.2, 0.25) is 0 Å². The van der Waals surface area contributed by atoms with Crippen LogP contribution in [-0.4, -0.2) is 27.4 Å². The van der Waals surface area contributed by atoms with E-state index < -0.39 is 0 Å². The average molecular weight is 227 g/mol. The summed E-state index contributed by atoms with van der Waals surface area (Å²) in [5.41, 5.74) is 0.818. The molecule has 3 nitrogen and oxygen atoms in total. The third-order valence-corrected chi connectivity index (χ3v) is 2.42. The molecular formula is C12H18FNO2. The summed E-state index contributed by atoms with van der Waals surface area (Å²) in [6.45, 7) is 2.94. The van der Waals surface area contributed by atoms with Crippen LogP contribution < -0.4 is 10.1 Å². The predicted octanol–water partition coefficient (Wildman–Crippen LogP) is 2.13. The van der Waals surface area contributed by atoms with Gasteiger partial charge in [0.25, 0.3) is 0 Å². The Kier molecular flexibility index (Phi) is 5.22. The maximum atomic E-state index is 13.1. The van der Waals surface area contributed by atoms with Crippen LogP contribution in [-0.2, 0) is 4.74 Å². The first kappa shape index (κ1) is 12.9. The molecule has 90 valence electrons. The van der Waals surface area contributed by atoms with Crippen molar-refractivity contribution in [2.45, 2.75) is 13.0 Å². The van der Waals surface area contributed by atoms with Crippen LogP contribution in [0.4, 0.5) is 4.39 Å². The highest BCUT2D eigenvalue weighted by Crippen LogP contribution is 2.25. The molecule has 0 saturated carbocycles. The quantitative estimate of drug-likeness (QED) is 0.755. The zero-order valence-electron chi connectivity index (χ0n) is 9.92. The van der Waals surface area contributed by atoms with Crippen LogP contribution in [0.25, 0.3) is 0 Å². The lowest BCUT2D eigenvalue weighted by molar-refractivity contribution is 0.145. The summed E-state index contributed by atoms with van der Waals surface area (Å²) >= 11 is 0. The van der Waals surface area contributed by atoms with E-state index in [1.165, 1.54) is 12.1 Å². The van der Waals surface area contributed by atoms with Gasteiger partial charge in [-0.2, -0.15) is 0 Å². The summed E-state index contributed by atoms with van der Waals surface area (Å²) in [4.78, 5) is 0. The first-order valence-electron chi connectivity index (χ1n) is 5.27. The Morgan fingerprint density at radius 3 is 2.75 bits per heavy atom. The second kappa shape index (κ2) is 6.45. The van der Waals surface area contributed by atoms with E-state index in [4.69, 9.17) is 9.47 Å². The number of hydrogen-bond donors (Lipinski definition) is 1. The minimum absolute atomic E-state index is 0.0493. The first-order valence-corrected chi connectivity index (χ1v) is 5.27. The smallest absolute Gasteiger partial charge is 0.124 e. The van der Waals surface area contributed by atoms with Crippen LogP contribution >= 0.6 is 0 Å². The second-order valence-electron chi connectivity index (χ2n) is 3.53. The van der Waals surface area contributed by atoms with Gasteiger partial charge >= 0.3 is 0 Å². The van der Waals surface area contributed by atoms with Crippen molar-refractivity contribution in [2.24, 2.45) is 0 Å². The minimum atomic E-state index is -0.254. The van der Waals surface area contributed by atoms with E-state index in [0.29, 0.717) is 19.0 Å². The molecule has 1 aromatic carbocycles. The Labute approximate surface area is 95.6 Å². The molecule has 0 bridgehead atoms. The maximum Gasteiger partial charge on any atom is 0.124 e. The largest absolute Gasteiger partial charge is 0.491 e. The van der Waals surface area contributed by atoms with Crippen LogP contribution in [0.5, 0.6) is 5.75 Å². The topological polar surface area (TPSA) is 30.5 Å². The van der Waals surface area contributed by atoms with Gasteiger partial charge in [0, 0.05) is 18.7 Å². The van der Waals surface area contributed by atoms with Crippen molar-refractivity contribution in [3.05, 3.63) is 29.6 Å². The zero-order chi connectivity index (χ0) is 12.0. The van der Waals surface area contributed by atoms with Crippen molar-refractivity contribution in [2.75, 3.05) is 27.4 Å². The second-order valence-corrected chi connectivity index (χ2v) is 3.53. The number of hydrogen-bond acceptors (Lipinski definition) is 3. The Bertz CT molecular complexity index is 331. The normalized spacial score (nSPS) is 12.5. The van der Waals surface area contributed by atoms with Gasteiger partial charge in [-0.3, -0.25) is 0 Å². The lowest BCUT2D eigenvalue weighted by Gasteiger charge is -2.16. The Hall–Kier alpha value is -1.13. The highest BCUT2D eigenvalue weighted by atomic mass is 19.1. The molecule has 1 atom stereocenters. The SMILES string of the molecule is CNC(C)c1cc(F)ccc1OCCOC. The van der Waals surface area contributed by atoms with E-state index in [2.05, 4.69) is 5.32 Å². The summed E-state index contributed by atoms with van der Waals surface area (Å²) in [5.74, 6) is 0.441. The van der Waals surface area contributed by atoms with Crippen molar-refractivity contribution in [1.29, 1.82) is 0 Å².